The monoisotopic (exact) mass is 569 g/mol. The number of anilines is 1. The lowest BCUT2D eigenvalue weighted by atomic mass is 10.1. The zero-order valence-corrected chi connectivity index (χ0v) is 24.4. The van der Waals surface area contributed by atoms with E-state index in [0.29, 0.717) is 29.2 Å². The molecule has 0 spiro atoms. The van der Waals surface area contributed by atoms with Crippen LogP contribution in [-0.4, -0.2) is 50.8 Å². The summed E-state index contributed by atoms with van der Waals surface area (Å²) in [6, 6.07) is 21.7. The summed E-state index contributed by atoms with van der Waals surface area (Å²) < 4.78 is 28.8. The first-order valence-electron chi connectivity index (χ1n) is 13.0. The number of aryl methyl sites for hydroxylation is 1. The number of benzene rings is 3. The van der Waals surface area contributed by atoms with Crippen molar-refractivity contribution in [3.05, 3.63) is 95.0 Å². The van der Waals surface area contributed by atoms with E-state index in [9.17, 15) is 18.0 Å². The second kappa shape index (κ2) is 13.6. The second-order valence-electron chi connectivity index (χ2n) is 9.89. The van der Waals surface area contributed by atoms with Crippen LogP contribution in [0.15, 0.2) is 83.8 Å². The number of nitrogens with one attached hydrogen (secondary N) is 1. The van der Waals surface area contributed by atoms with Gasteiger partial charge in [0.1, 0.15) is 12.6 Å². The number of carbonyl (C=O) groups is 2. The molecule has 1 N–H and O–H groups in total. The molecule has 0 saturated heterocycles. The minimum absolute atomic E-state index is 0.0608. The lowest BCUT2D eigenvalue weighted by Crippen LogP contribution is -2.52. The summed E-state index contributed by atoms with van der Waals surface area (Å²) in [5.41, 5.74) is 1.96. The fraction of sp³-hybridized carbons (Fsp3) is 0.333. The maximum Gasteiger partial charge on any atom is 0.264 e. The van der Waals surface area contributed by atoms with Gasteiger partial charge in [-0.15, -0.1) is 0 Å². The molecule has 3 aromatic carbocycles. The molecule has 2 amide bonds. The highest BCUT2D eigenvalue weighted by Crippen LogP contribution is 2.29. The number of nitrogens with zero attached hydrogens (tertiary/aromatic N) is 2. The van der Waals surface area contributed by atoms with Crippen LogP contribution in [0.1, 0.15) is 31.9 Å². The Balaban J connectivity index is 1.98. The molecule has 0 aliphatic carbocycles. The highest BCUT2D eigenvalue weighted by atomic mass is 35.5. The average molecular weight is 570 g/mol. The molecular weight excluding hydrogens is 534 g/mol. The molecule has 1 atom stereocenters. The van der Waals surface area contributed by atoms with Crippen molar-refractivity contribution < 1.29 is 18.0 Å². The zero-order chi connectivity index (χ0) is 28.6. The summed E-state index contributed by atoms with van der Waals surface area (Å²) in [7, 11) is -4.11. The van der Waals surface area contributed by atoms with Gasteiger partial charge in [0.25, 0.3) is 10.0 Å². The fourth-order valence-electron chi connectivity index (χ4n) is 4.15. The Morgan fingerprint density at radius 1 is 0.923 bits per heavy atom. The quantitative estimate of drug-likeness (QED) is 0.330. The van der Waals surface area contributed by atoms with Crippen molar-refractivity contribution in [2.45, 2.75) is 45.1 Å². The molecular formula is C30H36ClN3O4S. The predicted molar refractivity (Wildman–Crippen MR) is 156 cm³/mol. The number of hydrogen-bond acceptors (Lipinski definition) is 4. The minimum Gasteiger partial charge on any atom is -0.354 e. The largest absolute Gasteiger partial charge is 0.354 e. The van der Waals surface area contributed by atoms with Crippen LogP contribution in [0.25, 0.3) is 0 Å². The van der Waals surface area contributed by atoms with Gasteiger partial charge >= 0.3 is 0 Å². The van der Waals surface area contributed by atoms with Gasteiger partial charge in [0.2, 0.25) is 11.8 Å². The lowest BCUT2D eigenvalue weighted by Gasteiger charge is -2.32. The van der Waals surface area contributed by atoms with Crippen molar-refractivity contribution in [3.8, 4) is 0 Å². The van der Waals surface area contributed by atoms with Gasteiger partial charge in [0.05, 0.1) is 10.6 Å². The van der Waals surface area contributed by atoms with Crippen LogP contribution < -0.4 is 9.62 Å². The summed E-state index contributed by atoms with van der Waals surface area (Å²) in [6.45, 7) is 7.64. The highest BCUT2D eigenvalue weighted by molar-refractivity contribution is 7.92. The van der Waals surface area contributed by atoms with Gasteiger partial charge in [-0.25, -0.2) is 8.42 Å². The van der Waals surface area contributed by atoms with Crippen molar-refractivity contribution in [2.24, 2.45) is 5.92 Å². The van der Waals surface area contributed by atoms with Crippen LogP contribution in [0.3, 0.4) is 0 Å². The Morgan fingerprint density at radius 3 is 2.13 bits per heavy atom. The van der Waals surface area contributed by atoms with Crippen molar-refractivity contribution >= 4 is 39.1 Å². The maximum absolute atomic E-state index is 13.9. The third-order valence-corrected chi connectivity index (χ3v) is 8.38. The second-order valence-corrected chi connectivity index (χ2v) is 12.2. The summed E-state index contributed by atoms with van der Waals surface area (Å²) in [6.07, 6.45) is 0.514. The molecule has 9 heteroatoms. The zero-order valence-electron chi connectivity index (χ0n) is 22.8. The maximum atomic E-state index is 13.9. The third-order valence-electron chi connectivity index (χ3n) is 6.37. The molecule has 0 heterocycles. The Kier molecular flexibility index (Phi) is 10.5. The van der Waals surface area contributed by atoms with Crippen LogP contribution in [0.4, 0.5) is 5.69 Å². The van der Waals surface area contributed by atoms with Gasteiger partial charge in [-0.2, -0.15) is 0 Å². The van der Waals surface area contributed by atoms with Crippen LogP contribution in [-0.2, 0) is 26.0 Å². The number of amides is 2. The van der Waals surface area contributed by atoms with Gasteiger partial charge in [-0.05, 0) is 67.6 Å². The first-order valence-corrected chi connectivity index (χ1v) is 14.8. The molecule has 0 saturated carbocycles. The van der Waals surface area contributed by atoms with Crippen molar-refractivity contribution in [3.63, 3.8) is 0 Å². The fourth-order valence-corrected chi connectivity index (χ4v) is 5.88. The van der Waals surface area contributed by atoms with Crippen LogP contribution >= 0.6 is 11.6 Å². The van der Waals surface area contributed by atoms with E-state index < -0.39 is 28.5 Å². The summed E-state index contributed by atoms with van der Waals surface area (Å²) in [5.74, 6) is -0.522. The predicted octanol–water partition coefficient (Wildman–Crippen LogP) is 5.08. The van der Waals surface area contributed by atoms with Crippen LogP contribution in [0.2, 0.25) is 5.02 Å². The molecule has 39 heavy (non-hydrogen) atoms. The van der Waals surface area contributed by atoms with Gasteiger partial charge in [0.15, 0.2) is 0 Å². The smallest absolute Gasteiger partial charge is 0.264 e. The molecule has 208 valence electrons. The molecule has 0 radical (unpaired) electrons. The number of hydrogen-bond donors (Lipinski definition) is 1. The first-order chi connectivity index (χ1) is 18.5. The Labute approximate surface area is 236 Å². The Morgan fingerprint density at radius 2 is 1.54 bits per heavy atom. The normalized spacial score (nSPS) is 12.2. The number of halogens is 1. The standard InChI is InChI=1S/C30H36ClN3O4S/c1-22(2)20-32-30(36)24(4)33(18-17-25-11-7-5-8-12-25)29(35)21-34(28-16-15-26(31)19-23(28)3)39(37,38)27-13-9-6-10-14-27/h5-16,19,22,24H,17-18,20-21H2,1-4H3,(H,32,36)/t24-/m0/s1. The van der Waals surface area contributed by atoms with E-state index in [1.807, 2.05) is 44.2 Å². The van der Waals surface area contributed by atoms with Crippen molar-refractivity contribution in [1.29, 1.82) is 0 Å². The van der Waals surface area contributed by atoms with Gasteiger partial charge in [-0.1, -0.05) is 74.0 Å². The lowest BCUT2D eigenvalue weighted by molar-refractivity contribution is -0.138. The van der Waals surface area contributed by atoms with Gasteiger partial charge < -0.3 is 10.2 Å². The summed E-state index contributed by atoms with van der Waals surface area (Å²) in [5, 5.41) is 3.35. The van der Waals surface area contributed by atoms with E-state index in [1.54, 1.807) is 50.2 Å². The number of rotatable bonds is 12. The van der Waals surface area contributed by atoms with E-state index in [1.165, 1.54) is 17.0 Å². The van der Waals surface area contributed by atoms with E-state index >= 15 is 0 Å². The average Bonchev–Trinajstić information content (AvgIpc) is 2.91. The topological polar surface area (TPSA) is 86.8 Å². The van der Waals surface area contributed by atoms with E-state index in [4.69, 9.17) is 11.6 Å². The SMILES string of the molecule is Cc1cc(Cl)ccc1N(CC(=O)N(CCc1ccccc1)[C@@H](C)C(=O)NCC(C)C)S(=O)(=O)c1ccccc1. The number of carbonyl (C=O) groups excluding carboxylic acids is 2. The summed E-state index contributed by atoms with van der Waals surface area (Å²) in [4.78, 5) is 28.4. The van der Waals surface area contributed by atoms with Crippen molar-refractivity contribution in [2.75, 3.05) is 23.9 Å². The molecule has 0 fully saturated rings. The Hall–Kier alpha value is -3.36. The van der Waals surface area contributed by atoms with E-state index in [2.05, 4.69) is 5.32 Å². The Bertz CT molecular complexity index is 1370. The van der Waals surface area contributed by atoms with Crippen LogP contribution in [0, 0.1) is 12.8 Å². The number of sulfonamides is 1. The van der Waals surface area contributed by atoms with E-state index in [-0.39, 0.29) is 23.3 Å². The molecule has 0 aliphatic heterocycles. The molecule has 7 nitrogen and oxygen atoms in total. The molecule has 0 aromatic heterocycles. The minimum atomic E-state index is -4.11. The summed E-state index contributed by atoms with van der Waals surface area (Å²) >= 11 is 6.15. The van der Waals surface area contributed by atoms with Gasteiger partial charge in [0, 0.05) is 18.1 Å². The van der Waals surface area contributed by atoms with Crippen LogP contribution in [0.5, 0.6) is 0 Å². The third kappa shape index (κ3) is 8.07. The first kappa shape index (κ1) is 30.2. The van der Waals surface area contributed by atoms with E-state index in [0.717, 1.165) is 9.87 Å². The molecule has 0 unspecified atom stereocenters. The van der Waals surface area contributed by atoms with Crippen molar-refractivity contribution in [1.82, 2.24) is 10.2 Å². The molecule has 3 rings (SSSR count). The molecule has 0 bridgehead atoms. The molecule has 3 aromatic rings. The highest BCUT2D eigenvalue weighted by Gasteiger charge is 2.32. The van der Waals surface area contributed by atoms with Gasteiger partial charge in [-0.3, -0.25) is 13.9 Å². The molecule has 0 aliphatic rings.